The Morgan fingerprint density at radius 2 is 2.05 bits per heavy atom. The van der Waals surface area contributed by atoms with Crippen molar-refractivity contribution in [3.05, 3.63) is 47.8 Å². The van der Waals surface area contributed by atoms with Gasteiger partial charge in [0.1, 0.15) is 0 Å². The maximum atomic E-state index is 12.3. The van der Waals surface area contributed by atoms with Gasteiger partial charge in [-0.15, -0.1) is 0 Å². The first-order valence-corrected chi connectivity index (χ1v) is 7.07. The quantitative estimate of drug-likeness (QED) is 0.927. The fraction of sp³-hybridized carbons (Fsp3) is 0.375. The number of benzene rings is 1. The van der Waals surface area contributed by atoms with Crippen molar-refractivity contribution >= 4 is 5.91 Å². The lowest BCUT2D eigenvalue weighted by atomic mass is 10.2. The van der Waals surface area contributed by atoms with Crippen LogP contribution in [0.3, 0.4) is 0 Å². The highest BCUT2D eigenvalue weighted by molar-refractivity contribution is 5.95. The zero-order chi connectivity index (χ0) is 14.1. The van der Waals surface area contributed by atoms with Crippen LogP contribution in [-0.4, -0.2) is 21.7 Å². The Balaban J connectivity index is 1.81. The summed E-state index contributed by atoms with van der Waals surface area (Å²) in [5, 5.41) is 7.40. The molecule has 1 aliphatic rings. The fourth-order valence-electron chi connectivity index (χ4n) is 2.46. The number of hydrogen-bond acceptors (Lipinski definition) is 2. The number of carbonyl (C=O) groups excluding carboxylic acids is 1. The summed E-state index contributed by atoms with van der Waals surface area (Å²) in [4.78, 5) is 12.3. The van der Waals surface area contributed by atoms with Crippen LogP contribution < -0.4 is 5.32 Å². The lowest BCUT2D eigenvalue weighted by molar-refractivity contribution is 0.0935. The minimum atomic E-state index is -0.0240. The molecule has 1 aromatic carbocycles. The van der Waals surface area contributed by atoms with Crippen LogP contribution in [0.25, 0.3) is 5.69 Å². The van der Waals surface area contributed by atoms with Crippen LogP contribution in [-0.2, 0) is 0 Å². The summed E-state index contributed by atoms with van der Waals surface area (Å²) in [5.41, 5.74) is 2.50. The second kappa shape index (κ2) is 5.12. The smallest absolute Gasteiger partial charge is 0.254 e. The van der Waals surface area contributed by atoms with Gasteiger partial charge in [0.15, 0.2) is 0 Å². The number of hydrogen-bond donors (Lipinski definition) is 1. The Morgan fingerprint density at radius 1 is 1.35 bits per heavy atom. The largest absolute Gasteiger partial charge is 0.349 e. The van der Waals surface area contributed by atoms with E-state index in [1.54, 1.807) is 10.9 Å². The van der Waals surface area contributed by atoms with Crippen molar-refractivity contribution in [2.24, 2.45) is 5.92 Å². The first-order chi connectivity index (χ1) is 9.66. The molecular formula is C16H19N3O. The van der Waals surface area contributed by atoms with E-state index in [0.717, 1.165) is 11.4 Å². The fourth-order valence-corrected chi connectivity index (χ4v) is 2.46. The van der Waals surface area contributed by atoms with Gasteiger partial charge in [-0.3, -0.25) is 4.79 Å². The molecular weight excluding hydrogens is 250 g/mol. The van der Waals surface area contributed by atoms with Gasteiger partial charge in [0.2, 0.25) is 0 Å². The van der Waals surface area contributed by atoms with E-state index in [2.05, 4.69) is 17.3 Å². The number of amides is 1. The van der Waals surface area contributed by atoms with Crippen molar-refractivity contribution < 1.29 is 4.79 Å². The van der Waals surface area contributed by atoms with Gasteiger partial charge in [0, 0.05) is 6.04 Å². The first-order valence-electron chi connectivity index (χ1n) is 7.07. The average molecular weight is 269 g/mol. The molecule has 20 heavy (non-hydrogen) atoms. The van der Waals surface area contributed by atoms with Crippen LogP contribution in [0.4, 0.5) is 0 Å². The van der Waals surface area contributed by atoms with Crippen LogP contribution in [0.5, 0.6) is 0 Å². The Hall–Kier alpha value is -2.10. The Morgan fingerprint density at radius 3 is 2.70 bits per heavy atom. The molecule has 1 saturated carbocycles. The minimum absolute atomic E-state index is 0.0240. The van der Waals surface area contributed by atoms with Gasteiger partial charge in [-0.1, -0.05) is 18.2 Å². The molecule has 4 heteroatoms. The molecule has 0 bridgehead atoms. The van der Waals surface area contributed by atoms with E-state index in [-0.39, 0.29) is 11.9 Å². The summed E-state index contributed by atoms with van der Waals surface area (Å²) in [7, 11) is 0. The molecule has 1 amide bonds. The van der Waals surface area contributed by atoms with Gasteiger partial charge in [-0.05, 0) is 44.7 Å². The Labute approximate surface area is 118 Å². The molecule has 104 valence electrons. The predicted molar refractivity (Wildman–Crippen MR) is 78.0 cm³/mol. The van der Waals surface area contributed by atoms with E-state index in [9.17, 15) is 4.79 Å². The molecule has 3 rings (SSSR count). The standard InChI is InChI=1S/C16H19N3O/c1-11(13-8-9-13)18-16(20)15-10-17-19(12(15)2)14-6-4-3-5-7-14/h3-7,10-11,13H,8-9H2,1-2H3,(H,18,20). The zero-order valence-corrected chi connectivity index (χ0v) is 11.8. The molecule has 4 nitrogen and oxygen atoms in total. The number of para-hydroxylation sites is 1. The van der Waals surface area contributed by atoms with E-state index in [1.165, 1.54) is 12.8 Å². The zero-order valence-electron chi connectivity index (χ0n) is 11.8. The second-order valence-electron chi connectivity index (χ2n) is 5.49. The lowest BCUT2D eigenvalue weighted by Crippen LogP contribution is -2.34. The monoisotopic (exact) mass is 269 g/mol. The van der Waals surface area contributed by atoms with Crippen molar-refractivity contribution in [3.63, 3.8) is 0 Å². The van der Waals surface area contributed by atoms with E-state index in [4.69, 9.17) is 0 Å². The molecule has 2 aromatic rings. The van der Waals surface area contributed by atoms with Gasteiger partial charge < -0.3 is 5.32 Å². The van der Waals surface area contributed by atoms with Crippen molar-refractivity contribution in [2.45, 2.75) is 32.7 Å². The highest BCUT2D eigenvalue weighted by atomic mass is 16.1. The molecule has 1 fully saturated rings. The van der Waals surface area contributed by atoms with Gasteiger partial charge in [-0.25, -0.2) is 4.68 Å². The second-order valence-corrected chi connectivity index (χ2v) is 5.49. The molecule has 0 spiro atoms. The van der Waals surface area contributed by atoms with Crippen LogP contribution >= 0.6 is 0 Å². The third kappa shape index (κ3) is 2.46. The highest BCUT2D eigenvalue weighted by Crippen LogP contribution is 2.32. The summed E-state index contributed by atoms with van der Waals surface area (Å²) >= 11 is 0. The third-order valence-corrected chi connectivity index (χ3v) is 3.94. The molecule has 1 N–H and O–H groups in total. The number of nitrogens with zero attached hydrogens (tertiary/aromatic N) is 2. The summed E-state index contributed by atoms with van der Waals surface area (Å²) in [6.07, 6.45) is 4.10. The van der Waals surface area contributed by atoms with Gasteiger partial charge >= 0.3 is 0 Å². The molecule has 0 aliphatic heterocycles. The Kier molecular flexibility index (Phi) is 3.30. The summed E-state index contributed by atoms with van der Waals surface area (Å²) in [6, 6.07) is 10.1. The Bertz CT molecular complexity index is 614. The van der Waals surface area contributed by atoms with Crippen molar-refractivity contribution in [2.75, 3.05) is 0 Å². The van der Waals surface area contributed by atoms with Gasteiger partial charge in [-0.2, -0.15) is 5.10 Å². The number of rotatable bonds is 4. The van der Waals surface area contributed by atoms with Crippen molar-refractivity contribution in [1.29, 1.82) is 0 Å². The van der Waals surface area contributed by atoms with E-state index < -0.39 is 0 Å². The first kappa shape index (κ1) is 12.9. The predicted octanol–water partition coefficient (Wildman–Crippen LogP) is 2.71. The van der Waals surface area contributed by atoms with Crippen molar-refractivity contribution in [3.8, 4) is 5.69 Å². The van der Waals surface area contributed by atoms with Crippen LogP contribution in [0, 0.1) is 12.8 Å². The maximum absolute atomic E-state index is 12.3. The maximum Gasteiger partial charge on any atom is 0.254 e. The molecule has 1 aliphatic carbocycles. The number of carbonyl (C=O) groups is 1. The molecule has 1 atom stereocenters. The number of aromatic nitrogens is 2. The van der Waals surface area contributed by atoms with Gasteiger partial charge in [0.05, 0.1) is 23.1 Å². The van der Waals surface area contributed by atoms with Crippen LogP contribution in [0.1, 0.15) is 35.8 Å². The van der Waals surface area contributed by atoms with E-state index >= 15 is 0 Å². The normalized spacial score (nSPS) is 15.9. The lowest BCUT2D eigenvalue weighted by Gasteiger charge is -2.12. The molecule has 0 radical (unpaired) electrons. The number of nitrogens with one attached hydrogen (secondary N) is 1. The molecule has 1 unspecified atom stereocenters. The van der Waals surface area contributed by atoms with Crippen LogP contribution in [0.2, 0.25) is 0 Å². The van der Waals surface area contributed by atoms with E-state index in [1.807, 2.05) is 37.3 Å². The minimum Gasteiger partial charge on any atom is -0.349 e. The van der Waals surface area contributed by atoms with Crippen molar-refractivity contribution in [1.82, 2.24) is 15.1 Å². The summed E-state index contributed by atoms with van der Waals surface area (Å²) in [5.74, 6) is 0.632. The highest BCUT2D eigenvalue weighted by Gasteiger charge is 2.29. The molecule has 0 saturated heterocycles. The SMILES string of the molecule is Cc1c(C(=O)NC(C)C2CC2)cnn1-c1ccccc1. The van der Waals surface area contributed by atoms with E-state index in [0.29, 0.717) is 11.5 Å². The molecule has 1 heterocycles. The summed E-state index contributed by atoms with van der Waals surface area (Å²) < 4.78 is 1.80. The van der Waals surface area contributed by atoms with Gasteiger partial charge in [0.25, 0.3) is 5.91 Å². The third-order valence-electron chi connectivity index (χ3n) is 3.94. The average Bonchev–Trinajstić information content (AvgIpc) is 3.23. The van der Waals surface area contributed by atoms with Crippen LogP contribution in [0.15, 0.2) is 36.5 Å². The summed E-state index contributed by atoms with van der Waals surface area (Å²) in [6.45, 7) is 4.00. The molecule has 1 aromatic heterocycles. The topological polar surface area (TPSA) is 46.9 Å².